The molecule has 3 atom stereocenters. The molecule has 3 nitrogen and oxygen atoms in total. The summed E-state index contributed by atoms with van der Waals surface area (Å²) in [6.07, 6.45) is 2.55. The number of nitriles is 3. The highest BCUT2D eigenvalue weighted by Gasteiger charge is 2.18. The summed E-state index contributed by atoms with van der Waals surface area (Å²) in [6, 6.07) is 6.68. The molecular formula is C12H18N3P. The van der Waals surface area contributed by atoms with Crippen LogP contribution in [0.3, 0.4) is 0 Å². The lowest BCUT2D eigenvalue weighted by Gasteiger charge is -2.20. The molecule has 0 spiro atoms. The first-order chi connectivity index (χ1) is 7.53. The van der Waals surface area contributed by atoms with Crippen molar-refractivity contribution in [3.05, 3.63) is 0 Å². The molecule has 0 fully saturated rings. The maximum atomic E-state index is 8.80. The van der Waals surface area contributed by atoms with Crippen molar-refractivity contribution in [3.8, 4) is 18.2 Å². The van der Waals surface area contributed by atoms with Crippen molar-refractivity contribution in [3.63, 3.8) is 0 Å². The molecular weight excluding hydrogens is 217 g/mol. The molecule has 0 aromatic heterocycles. The van der Waals surface area contributed by atoms with E-state index >= 15 is 0 Å². The molecule has 4 heteroatoms. The lowest BCUT2D eigenvalue weighted by molar-refractivity contribution is 0.799. The molecule has 0 aromatic rings. The van der Waals surface area contributed by atoms with Gasteiger partial charge in [-0.3, -0.25) is 0 Å². The third kappa shape index (κ3) is 6.40. The van der Waals surface area contributed by atoms with Gasteiger partial charge in [-0.05, 0) is 39.3 Å². The second kappa shape index (κ2) is 8.10. The molecule has 0 saturated carbocycles. The maximum absolute atomic E-state index is 8.80. The van der Waals surface area contributed by atoms with Crippen LogP contribution >= 0.6 is 7.92 Å². The number of hydrogen-bond donors (Lipinski definition) is 0. The van der Waals surface area contributed by atoms with Crippen molar-refractivity contribution >= 4 is 7.92 Å². The molecule has 0 aliphatic rings. The molecule has 0 radical (unpaired) electrons. The van der Waals surface area contributed by atoms with Gasteiger partial charge in [0.25, 0.3) is 0 Å². The van der Waals surface area contributed by atoms with Crippen LogP contribution in [0.5, 0.6) is 0 Å². The van der Waals surface area contributed by atoms with E-state index in [1.165, 1.54) is 0 Å². The fraction of sp³-hybridized carbons (Fsp3) is 0.750. The van der Waals surface area contributed by atoms with Crippen molar-refractivity contribution in [1.29, 1.82) is 15.8 Å². The van der Waals surface area contributed by atoms with Gasteiger partial charge in [0.15, 0.2) is 0 Å². The van der Waals surface area contributed by atoms with Crippen molar-refractivity contribution in [2.24, 2.45) is 17.8 Å². The van der Waals surface area contributed by atoms with E-state index in [1.54, 1.807) is 0 Å². The first kappa shape index (κ1) is 14.9. The molecule has 0 N–H and O–H groups in total. The van der Waals surface area contributed by atoms with Crippen LogP contribution in [-0.2, 0) is 0 Å². The highest BCUT2D eigenvalue weighted by atomic mass is 31.1. The normalized spacial score (nSPS) is 17.2. The zero-order valence-corrected chi connectivity index (χ0v) is 11.0. The summed E-state index contributed by atoms with van der Waals surface area (Å²) in [4.78, 5) is 0. The zero-order valence-electron chi connectivity index (χ0n) is 10.1. The Bertz CT molecular complexity index is 268. The minimum Gasteiger partial charge on any atom is -0.198 e. The molecule has 3 unspecified atom stereocenters. The predicted molar refractivity (Wildman–Crippen MR) is 65.9 cm³/mol. The Balaban J connectivity index is 4.35. The topological polar surface area (TPSA) is 71.4 Å². The van der Waals surface area contributed by atoms with E-state index in [1.807, 2.05) is 20.8 Å². The van der Waals surface area contributed by atoms with Gasteiger partial charge < -0.3 is 0 Å². The fourth-order valence-corrected chi connectivity index (χ4v) is 4.52. The molecule has 0 heterocycles. The molecule has 0 aliphatic heterocycles. The van der Waals surface area contributed by atoms with Gasteiger partial charge in [-0.15, -0.1) is 7.92 Å². The van der Waals surface area contributed by atoms with Gasteiger partial charge in [-0.2, -0.15) is 15.8 Å². The smallest absolute Gasteiger partial charge is 0.0656 e. The number of nitrogens with zero attached hydrogens (tertiary/aromatic N) is 3. The first-order valence-corrected chi connectivity index (χ1v) is 7.34. The van der Waals surface area contributed by atoms with E-state index < -0.39 is 0 Å². The second-order valence-electron chi connectivity index (χ2n) is 4.31. The van der Waals surface area contributed by atoms with Crippen molar-refractivity contribution < 1.29 is 0 Å². The molecule has 0 aliphatic carbocycles. The van der Waals surface area contributed by atoms with Crippen LogP contribution in [0.25, 0.3) is 0 Å². The minimum atomic E-state index is -0.364. The zero-order chi connectivity index (χ0) is 12.6. The second-order valence-corrected chi connectivity index (χ2v) is 6.75. The highest BCUT2D eigenvalue weighted by Crippen LogP contribution is 2.41. The van der Waals surface area contributed by atoms with Gasteiger partial charge in [0.1, 0.15) is 0 Å². The van der Waals surface area contributed by atoms with Crippen LogP contribution in [-0.4, -0.2) is 18.5 Å². The summed E-state index contributed by atoms with van der Waals surface area (Å²) in [5.41, 5.74) is 0. The third-order valence-electron chi connectivity index (χ3n) is 2.26. The SMILES string of the molecule is CC(C#N)CP(CC(C)C#N)CC(C)C#N. The molecule has 0 aromatic carbocycles. The van der Waals surface area contributed by atoms with Crippen molar-refractivity contribution in [1.82, 2.24) is 0 Å². The summed E-state index contributed by atoms with van der Waals surface area (Å²) in [5.74, 6) is 0.0914. The maximum Gasteiger partial charge on any atom is 0.0656 e. The van der Waals surface area contributed by atoms with E-state index in [9.17, 15) is 0 Å². The van der Waals surface area contributed by atoms with E-state index in [-0.39, 0.29) is 25.7 Å². The Morgan fingerprint density at radius 1 is 0.750 bits per heavy atom. The van der Waals surface area contributed by atoms with Crippen molar-refractivity contribution in [2.75, 3.05) is 18.5 Å². The van der Waals surface area contributed by atoms with E-state index in [2.05, 4.69) is 18.2 Å². The van der Waals surface area contributed by atoms with Crippen LogP contribution in [0.2, 0.25) is 0 Å². The lowest BCUT2D eigenvalue weighted by Crippen LogP contribution is -2.10. The van der Waals surface area contributed by atoms with E-state index in [4.69, 9.17) is 15.8 Å². The predicted octanol–water partition coefficient (Wildman–Crippen LogP) is 2.95. The third-order valence-corrected chi connectivity index (χ3v) is 5.45. The molecule has 86 valence electrons. The van der Waals surface area contributed by atoms with E-state index in [0.717, 1.165) is 18.5 Å². The van der Waals surface area contributed by atoms with Gasteiger partial charge >= 0.3 is 0 Å². The van der Waals surface area contributed by atoms with Crippen molar-refractivity contribution in [2.45, 2.75) is 20.8 Å². The Morgan fingerprint density at radius 3 is 1.19 bits per heavy atom. The molecule has 0 bridgehead atoms. The lowest BCUT2D eigenvalue weighted by atomic mass is 10.2. The van der Waals surface area contributed by atoms with Crippen LogP contribution in [0.4, 0.5) is 0 Å². The van der Waals surface area contributed by atoms with Gasteiger partial charge in [-0.25, -0.2) is 0 Å². The van der Waals surface area contributed by atoms with Gasteiger partial charge in [0, 0.05) is 17.8 Å². The fourth-order valence-electron chi connectivity index (χ4n) is 1.51. The minimum absolute atomic E-state index is 0.0305. The van der Waals surface area contributed by atoms with Crippen LogP contribution in [0.1, 0.15) is 20.8 Å². The van der Waals surface area contributed by atoms with Crippen LogP contribution < -0.4 is 0 Å². The quantitative estimate of drug-likeness (QED) is 0.664. The molecule has 0 saturated heterocycles. The average molecular weight is 235 g/mol. The summed E-state index contributed by atoms with van der Waals surface area (Å²) in [7, 11) is -0.364. The molecule has 0 amide bonds. The Kier molecular flexibility index (Phi) is 7.54. The number of hydrogen-bond acceptors (Lipinski definition) is 3. The summed E-state index contributed by atoms with van der Waals surface area (Å²) in [5, 5.41) is 26.4. The summed E-state index contributed by atoms with van der Waals surface area (Å²) >= 11 is 0. The Hall–Kier alpha value is -1.10. The standard InChI is InChI=1S/C12H18N3P/c1-10(4-13)7-16(8-11(2)5-14)9-12(3)6-15/h10-12H,7-9H2,1-3H3. The Labute approximate surface area is 99.4 Å². The Morgan fingerprint density at radius 2 is 1.00 bits per heavy atom. The van der Waals surface area contributed by atoms with Gasteiger partial charge in [0.05, 0.1) is 18.2 Å². The van der Waals surface area contributed by atoms with Gasteiger partial charge in [0.2, 0.25) is 0 Å². The monoisotopic (exact) mass is 235 g/mol. The van der Waals surface area contributed by atoms with Crippen LogP contribution in [0, 0.1) is 51.7 Å². The average Bonchev–Trinajstić information content (AvgIpc) is 2.28. The van der Waals surface area contributed by atoms with Gasteiger partial charge in [-0.1, -0.05) is 0 Å². The molecule has 0 rings (SSSR count). The summed E-state index contributed by atoms with van der Waals surface area (Å²) < 4.78 is 0. The summed E-state index contributed by atoms with van der Waals surface area (Å²) in [6.45, 7) is 5.72. The first-order valence-electron chi connectivity index (χ1n) is 5.44. The van der Waals surface area contributed by atoms with E-state index in [0.29, 0.717) is 0 Å². The number of rotatable bonds is 6. The highest BCUT2D eigenvalue weighted by molar-refractivity contribution is 7.57. The largest absolute Gasteiger partial charge is 0.198 e. The molecule has 16 heavy (non-hydrogen) atoms. The van der Waals surface area contributed by atoms with Crippen LogP contribution in [0.15, 0.2) is 0 Å².